The second-order valence-corrected chi connectivity index (χ2v) is 13.7. The first kappa shape index (κ1) is 24.5. The first-order valence-corrected chi connectivity index (χ1v) is 13.3. The molecule has 2 aromatic rings. The topological polar surface area (TPSA) is 94.3 Å². The molecule has 1 aromatic heterocycles. The van der Waals surface area contributed by atoms with Crippen molar-refractivity contribution in [2.45, 2.75) is 25.6 Å². The molecule has 1 heterocycles. The Morgan fingerprint density at radius 2 is 1.94 bits per heavy atom. The van der Waals surface area contributed by atoms with E-state index < -0.39 is 39.2 Å². The number of alkyl halides is 3. The summed E-state index contributed by atoms with van der Waals surface area (Å²) in [5.41, 5.74) is -1.57. The Morgan fingerprint density at radius 1 is 1.25 bits per heavy atom. The van der Waals surface area contributed by atoms with E-state index in [0.717, 1.165) is 28.6 Å². The average Bonchev–Trinajstić information content (AvgIpc) is 3.11. The van der Waals surface area contributed by atoms with Gasteiger partial charge in [0.1, 0.15) is 5.52 Å². The van der Waals surface area contributed by atoms with Crippen LogP contribution in [0.2, 0.25) is 0 Å². The summed E-state index contributed by atoms with van der Waals surface area (Å²) in [5, 5.41) is 17.3. The lowest BCUT2D eigenvalue weighted by atomic mass is 9.89. The second-order valence-electron chi connectivity index (χ2n) is 9.07. The molecule has 3 rings (SSSR count). The summed E-state index contributed by atoms with van der Waals surface area (Å²) >= 11 is 0. The van der Waals surface area contributed by atoms with Gasteiger partial charge in [0.05, 0.1) is 30.0 Å². The predicted molar refractivity (Wildman–Crippen MR) is 117 cm³/mol. The Hall–Kier alpha value is -2.14. The Morgan fingerprint density at radius 3 is 2.56 bits per heavy atom. The molecule has 0 amide bonds. The SMILES string of the molecule is CS(C)(C)CCOC(=O)[C@@H]1[C@@H](CO)CC[C@H]1Cn1nnc2ccc(C(F)(F)F)cc2c1=O. The van der Waals surface area contributed by atoms with Gasteiger partial charge in [0, 0.05) is 12.4 Å². The zero-order valence-electron chi connectivity index (χ0n) is 18.3. The summed E-state index contributed by atoms with van der Waals surface area (Å²) < 4.78 is 45.6. The monoisotopic (exact) mass is 475 g/mol. The summed E-state index contributed by atoms with van der Waals surface area (Å²) in [6.07, 6.45) is 2.90. The van der Waals surface area contributed by atoms with E-state index in [1.807, 2.05) is 0 Å². The van der Waals surface area contributed by atoms with Crippen molar-refractivity contribution in [3.63, 3.8) is 0 Å². The third kappa shape index (κ3) is 5.61. The summed E-state index contributed by atoms with van der Waals surface area (Å²) in [6, 6.07) is 2.75. The van der Waals surface area contributed by atoms with Crippen molar-refractivity contribution < 1.29 is 27.8 Å². The van der Waals surface area contributed by atoms with Crippen LogP contribution in [0.5, 0.6) is 0 Å². The minimum absolute atomic E-state index is 0.0127. The molecule has 1 N–H and O–H groups in total. The number of esters is 1. The van der Waals surface area contributed by atoms with Gasteiger partial charge in [-0.05, 0) is 61.6 Å². The fourth-order valence-electron chi connectivity index (χ4n) is 4.05. The molecule has 32 heavy (non-hydrogen) atoms. The number of rotatable bonds is 7. The lowest BCUT2D eigenvalue weighted by Gasteiger charge is -2.26. The molecule has 1 saturated carbocycles. The summed E-state index contributed by atoms with van der Waals surface area (Å²) in [6.45, 7) is 0.113. The van der Waals surface area contributed by atoms with E-state index in [4.69, 9.17) is 4.74 Å². The van der Waals surface area contributed by atoms with E-state index in [0.29, 0.717) is 12.8 Å². The molecule has 0 aliphatic heterocycles. The van der Waals surface area contributed by atoms with E-state index in [2.05, 4.69) is 29.1 Å². The fraction of sp³-hybridized carbons (Fsp3) is 0.619. The van der Waals surface area contributed by atoms with Crippen LogP contribution >= 0.6 is 10.0 Å². The molecule has 0 unspecified atom stereocenters. The lowest BCUT2D eigenvalue weighted by Crippen LogP contribution is -2.34. The zero-order valence-corrected chi connectivity index (χ0v) is 19.1. The molecule has 178 valence electrons. The number of halogens is 3. The van der Waals surface area contributed by atoms with Crippen molar-refractivity contribution in [1.82, 2.24) is 15.0 Å². The van der Waals surface area contributed by atoms with Crippen LogP contribution in [0.25, 0.3) is 10.9 Å². The lowest BCUT2D eigenvalue weighted by molar-refractivity contribution is -0.151. The average molecular weight is 476 g/mol. The van der Waals surface area contributed by atoms with Crippen LogP contribution in [-0.4, -0.2) is 63.8 Å². The van der Waals surface area contributed by atoms with Gasteiger partial charge in [0.25, 0.3) is 5.56 Å². The Labute approximate surface area is 185 Å². The van der Waals surface area contributed by atoms with Gasteiger partial charge in [0.15, 0.2) is 0 Å². The third-order valence-corrected chi connectivity index (χ3v) is 7.22. The maximum Gasteiger partial charge on any atom is 0.416 e. The molecule has 0 spiro atoms. The third-order valence-electron chi connectivity index (χ3n) is 5.83. The second kappa shape index (κ2) is 9.38. The Bertz CT molecular complexity index is 1040. The molecule has 3 atom stereocenters. The Balaban J connectivity index is 1.83. The number of aromatic nitrogens is 3. The highest BCUT2D eigenvalue weighted by molar-refractivity contribution is 8.32. The maximum atomic E-state index is 13.1. The summed E-state index contributed by atoms with van der Waals surface area (Å²) in [5.74, 6) is -0.901. The maximum absolute atomic E-state index is 13.1. The van der Waals surface area contributed by atoms with E-state index in [-0.39, 0.29) is 42.5 Å². The van der Waals surface area contributed by atoms with Crippen molar-refractivity contribution in [1.29, 1.82) is 0 Å². The van der Waals surface area contributed by atoms with E-state index >= 15 is 0 Å². The first-order chi connectivity index (χ1) is 14.9. The van der Waals surface area contributed by atoms with Gasteiger partial charge in [-0.2, -0.15) is 13.2 Å². The summed E-state index contributed by atoms with van der Waals surface area (Å²) in [4.78, 5) is 25.6. The number of carbonyl (C=O) groups is 1. The number of aliphatic hydroxyl groups is 1. The molecular weight excluding hydrogens is 447 g/mol. The molecule has 1 aromatic carbocycles. The van der Waals surface area contributed by atoms with Crippen molar-refractivity contribution in [3.05, 3.63) is 34.1 Å². The van der Waals surface area contributed by atoms with Gasteiger partial charge < -0.3 is 9.84 Å². The van der Waals surface area contributed by atoms with Gasteiger partial charge in [-0.25, -0.2) is 14.7 Å². The minimum Gasteiger partial charge on any atom is -0.465 e. The predicted octanol–water partition coefficient (Wildman–Crippen LogP) is 2.68. The van der Waals surface area contributed by atoms with E-state index in [1.165, 1.54) is 0 Å². The highest BCUT2D eigenvalue weighted by Crippen LogP contribution is 2.39. The number of nitrogens with zero attached hydrogens (tertiary/aromatic N) is 3. The number of hydrogen-bond donors (Lipinski definition) is 1. The molecule has 0 saturated heterocycles. The highest BCUT2D eigenvalue weighted by atomic mass is 32.3. The van der Waals surface area contributed by atoms with E-state index in [1.54, 1.807) is 0 Å². The van der Waals surface area contributed by atoms with E-state index in [9.17, 15) is 27.9 Å². The van der Waals surface area contributed by atoms with Crippen molar-refractivity contribution in [2.24, 2.45) is 17.8 Å². The highest BCUT2D eigenvalue weighted by Gasteiger charge is 2.42. The van der Waals surface area contributed by atoms with Gasteiger partial charge >= 0.3 is 12.1 Å². The van der Waals surface area contributed by atoms with Gasteiger partial charge in [-0.1, -0.05) is 5.21 Å². The smallest absolute Gasteiger partial charge is 0.416 e. The zero-order chi connectivity index (χ0) is 23.7. The molecule has 1 aliphatic rings. The fourth-order valence-corrected chi connectivity index (χ4v) is 4.63. The minimum atomic E-state index is -4.59. The number of carbonyl (C=O) groups excluding carboxylic acids is 1. The molecule has 0 bridgehead atoms. The number of hydrogen-bond acceptors (Lipinski definition) is 6. The number of ether oxygens (including phenoxy) is 1. The van der Waals surface area contributed by atoms with Crippen molar-refractivity contribution >= 4 is 26.9 Å². The molecule has 1 aliphatic carbocycles. The van der Waals surface area contributed by atoms with Gasteiger partial charge in [0.2, 0.25) is 0 Å². The normalized spacial score (nSPS) is 22.3. The number of fused-ring (bicyclic) bond motifs is 1. The van der Waals surface area contributed by atoms with Crippen LogP contribution in [0, 0.1) is 17.8 Å². The molecule has 11 heteroatoms. The van der Waals surface area contributed by atoms with Crippen LogP contribution in [-0.2, 0) is 22.3 Å². The number of aliphatic hydroxyl groups excluding tert-OH is 1. The van der Waals surface area contributed by atoms with Gasteiger partial charge in [-0.15, -0.1) is 5.10 Å². The van der Waals surface area contributed by atoms with Crippen LogP contribution < -0.4 is 5.56 Å². The standard InChI is InChI=1S/C21H28F3N3O4S/c1-32(2,3)9-8-31-20(30)18-13(4-5-14(18)12-28)11-27-19(29)16-10-15(21(22,23)24)6-7-17(16)25-26-27/h6-7,10,13-14,18,28H,4-5,8-9,11-12H2,1-3H3/t13-,14+,18-/m0/s1. The molecule has 1 fully saturated rings. The van der Waals surface area contributed by atoms with Crippen molar-refractivity contribution in [3.8, 4) is 0 Å². The largest absolute Gasteiger partial charge is 0.465 e. The Kier molecular flexibility index (Phi) is 7.18. The molecular formula is C21H28F3N3O4S. The van der Waals surface area contributed by atoms with Crippen LogP contribution in [0.15, 0.2) is 23.0 Å². The molecule has 0 radical (unpaired) electrons. The van der Waals surface area contributed by atoms with Crippen LogP contribution in [0.3, 0.4) is 0 Å². The van der Waals surface area contributed by atoms with Crippen molar-refractivity contribution in [2.75, 3.05) is 37.7 Å². The number of benzene rings is 1. The quantitative estimate of drug-likeness (QED) is 0.619. The van der Waals surface area contributed by atoms with Crippen LogP contribution in [0.1, 0.15) is 18.4 Å². The molecule has 7 nitrogen and oxygen atoms in total. The van der Waals surface area contributed by atoms with Crippen LogP contribution in [0.4, 0.5) is 13.2 Å². The summed E-state index contributed by atoms with van der Waals surface area (Å²) in [7, 11) is -0.835. The first-order valence-electron chi connectivity index (χ1n) is 10.3. The van der Waals surface area contributed by atoms with Gasteiger partial charge in [-0.3, -0.25) is 9.59 Å².